The minimum absolute atomic E-state index is 0.125. The molecule has 74 valence electrons. The molecule has 1 aromatic carbocycles. The zero-order valence-corrected chi connectivity index (χ0v) is 8.70. The molecule has 1 nitrogen and oxygen atoms in total. The van der Waals surface area contributed by atoms with E-state index in [0.29, 0.717) is 12.0 Å². The molecule has 1 atom stereocenters. The van der Waals surface area contributed by atoms with Gasteiger partial charge in [-0.3, -0.25) is 4.79 Å². The smallest absolute Gasteiger partial charge is 0.140 e. The molecule has 0 radical (unpaired) electrons. The number of hydrogen-bond acceptors (Lipinski definition) is 1. The van der Waals surface area contributed by atoms with Crippen molar-refractivity contribution in [2.75, 3.05) is 0 Å². The van der Waals surface area contributed by atoms with Crippen LogP contribution in [0.4, 0.5) is 4.39 Å². The van der Waals surface area contributed by atoms with Gasteiger partial charge in [0.2, 0.25) is 0 Å². The monoisotopic (exact) mass is 232 g/mol. The van der Waals surface area contributed by atoms with Crippen molar-refractivity contribution in [2.45, 2.75) is 18.8 Å². The number of carbonyl (C=O) groups excluding carboxylic acids is 1. The maximum absolute atomic E-state index is 12.8. The summed E-state index contributed by atoms with van der Waals surface area (Å²) in [4.78, 5) is 11.2. The van der Waals surface area contributed by atoms with Gasteiger partial charge < -0.3 is 0 Å². The van der Waals surface area contributed by atoms with Crippen LogP contribution in [0, 0.1) is 5.82 Å². The van der Waals surface area contributed by atoms with Crippen LogP contribution in [0.2, 0.25) is 10.0 Å². The second kappa shape index (κ2) is 3.52. The van der Waals surface area contributed by atoms with E-state index in [4.69, 9.17) is 23.2 Å². The molecule has 0 aromatic heterocycles. The van der Waals surface area contributed by atoms with Crippen molar-refractivity contribution in [3.63, 3.8) is 0 Å². The molecular weight excluding hydrogens is 226 g/mol. The molecule has 2 rings (SSSR count). The molecule has 0 heterocycles. The van der Waals surface area contributed by atoms with E-state index in [2.05, 4.69) is 0 Å². The van der Waals surface area contributed by atoms with Gasteiger partial charge in [0.1, 0.15) is 11.6 Å². The third-order valence-electron chi connectivity index (χ3n) is 2.46. The first-order valence-electron chi connectivity index (χ1n) is 4.26. The summed E-state index contributed by atoms with van der Waals surface area (Å²) in [5.74, 6) is -0.577. The van der Waals surface area contributed by atoms with Gasteiger partial charge in [-0.15, -0.1) is 0 Å². The number of Topliss-reactive ketones (excluding diaryl/α,β-unsaturated/α-hetero) is 1. The number of benzene rings is 1. The van der Waals surface area contributed by atoms with Crippen molar-refractivity contribution in [3.05, 3.63) is 33.6 Å². The van der Waals surface area contributed by atoms with Crippen molar-refractivity contribution in [1.82, 2.24) is 0 Å². The summed E-state index contributed by atoms with van der Waals surface area (Å²) in [5, 5.41) is 0.487. The van der Waals surface area contributed by atoms with Gasteiger partial charge in [-0.05, 0) is 18.6 Å². The molecule has 4 heteroatoms. The molecular formula is C10H7Cl2FO. The molecule has 0 spiro atoms. The van der Waals surface area contributed by atoms with Crippen molar-refractivity contribution >= 4 is 29.0 Å². The lowest BCUT2D eigenvalue weighted by Gasteiger charge is -2.25. The first-order valence-corrected chi connectivity index (χ1v) is 5.02. The Hall–Kier alpha value is -0.600. The fourth-order valence-electron chi connectivity index (χ4n) is 1.60. The van der Waals surface area contributed by atoms with E-state index in [0.717, 1.165) is 6.42 Å². The Balaban J connectivity index is 2.47. The van der Waals surface area contributed by atoms with Crippen LogP contribution >= 0.6 is 23.2 Å². The standard InChI is InChI=1S/C10H7Cl2FO/c11-7-3-5(13)4-8(12)10(7)6-1-2-9(6)14/h3-4,6H,1-2H2. The third-order valence-corrected chi connectivity index (χ3v) is 3.09. The summed E-state index contributed by atoms with van der Waals surface area (Å²) in [6.07, 6.45) is 1.32. The van der Waals surface area contributed by atoms with E-state index in [1.54, 1.807) is 0 Å². The Morgan fingerprint density at radius 1 is 1.29 bits per heavy atom. The lowest BCUT2D eigenvalue weighted by atomic mass is 9.78. The summed E-state index contributed by atoms with van der Waals surface area (Å²) in [6, 6.07) is 2.38. The number of hydrogen-bond donors (Lipinski definition) is 0. The Bertz CT molecular complexity index is 380. The number of halogens is 3. The van der Waals surface area contributed by atoms with Crippen LogP contribution in [-0.2, 0) is 4.79 Å². The minimum Gasteiger partial charge on any atom is -0.299 e. The van der Waals surface area contributed by atoms with Crippen LogP contribution in [0.3, 0.4) is 0 Å². The molecule has 1 unspecified atom stereocenters. The molecule has 1 saturated carbocycles. The summed E-state index contributed by atoms with van der Waals surface area (Å²) in [7, 11) is 0. The van der Waals surface area contributed by atoms with Gasteiger partial charge in [0.05, 0.1) is 0 Å². The highest BCUT2D eigenvalue weighted by atomic mass is 35.5. The van der Waals surface area contributed by atoms with Crippen molar-refractivity contribution in [2.24, 2.45) is 0 Å². The lowest BCUT2D eigenvalue weighted by molar-refractivity contribution is -0.125. The zero-order chi connectivity index (χ0) is 10.3. The van der Waals surface area contributed by atoms with E-state index in [1.165, 1.54) is 12.1 Å². The SMILES string of the molecule is O=C1CCC1c1c(Cl)cc(F)cc1Cl. The fraction of sp³-hybridized carbons (Fsp3) is 0.300. The van der Waals surface area contributed by atoms with E-state index in [-0.39, 0.29) is 21.7 Å². The highest BCUT2D eigenvalue weighted by Gasteiger charge is 2.32. The Morgan fingerprint density at radius 2 is 1.86 bits per heavy atom. The van der Waals surface area contributed by atoms with Gasteiger partial charge in [-0.1, -0.05) is 23.2 Å². The summed E-state index contributed by atoms with van der Waals surface area (Å²) in [6.45, 7) is 0. The summed E-state index contributed by atoms with van der Waals surface area (Å²) < 4.78 is 12.8. The Kier molecular flexibility index (Phi) is 2.50. The first kappa shape index (κ1) is 9.94. The van der Waals surface area contributed by atoms with Gasteiger partial charge in [0.15, 0.2) is 0 Å². The Labute approximate surface area is 90.8 Å². The van der Waals surface area contributed by atoms with Crippen LogP contribution in [0.5, 0.6) is 0 Å². The highest BCUT2D eigenvalue weighted by molar-refractivity contribution is 6.36. The molecule has 1 fully saturated rings. The number of carbonyl (C=O) groups is 1. The Morgan fingerprint density at radius 3 is 2.21 bits per heavy atom. The molecule has 14 heavy (non-hydrogen) atoms. The highest BCUT2D eigenvalue weighted by Crippen LogP contribution is 2.41. The maximum atomic E-state index is 12.8. The maximum Gasteiger partial charge on any atom is 0.140 e. The largest absolute Gasteiger partial charge is 0.299 e. The van der Waals surface area contributed by atoms with Crippen LogP contribution in [0.25, 0.3) is 0 Å². The van der Waals surface area contributed by atoms with Crippen LogP contribution in [0.15, 0.2) is 12.1 Å². The van der Waals surface area contributed by atoms with Gasteiger partial charge in [-0.25, -0.2) is 4.39 Å². The predicted molar refractivity (Wildman–Crippen MR) is 53.4 cm³/mol. The first-order chi connectivity index (χ1) is 6.59. The molecule has 1 aromatic rings. The molecule has 0 saturated heterocycles. The van der Waals surface area contributed by atoms with Crippen molar-refractivity contribution in [3.8, 4) is 0 Å². The van der Waals surface area contributed by atoms with E-state index < -0.39 is 5.82 Å². The summed E-state index contributed by atoms with van der Waals surface area (Å²) >= 11 is 11.7. The van der Waals surface area contributed by atoms with Crippen molar-refractivity contribution < 1.29 is 9.18 Å². The second-order valence-electron chi connectivity index (χ2n) is 3.34. The third kappa shape index (κ3) is 1.53. The number of ketones is 1. The van der Waals surface area contributed by atoms with Crippen LogP contribution in [-0.4, -0.2) is 5.78 Å². The topological polar surface area (TPSA) is 17.1 Å². The van der Waals surface area contributed by atoms with E-state index in [1.807, 2.05) is 0 Å². The molecule has 0 amide bonds. The normalized spacial score (nSPS) is 20.8. The van der Waals surface area contributed by atoms with Gasteiger partial charge in [0.25, 0.3) is 0 Å². The number of rotatable bonds is 1. The van der Waals surface area contributed by atoms with Gasteiger partial charge in [-0.2, -0.15) is 0 Å². The molecule has 1 aliphatic carbocycles. The fourth-order valence-corrected chi connectivity index (χ4v) is 2.32. The quantitative estimate of drug-likeness (QED) is 0.724. The predicted octanol–water partition coefficient (Wildman–Crippen LogP) is 3.58. The van der Waals surface area contributed by atoms with E-state index >= 15 is 0 Å². The summed E-state index contributed by atoms with van der Waals surface area (Å²) in [5.41, 5.74) is 0.575. The van der Waals surface area contributed by atoms with Gasteiger partial charge in [0, 0.05) is 27.9 Å². The lowest BCUT2D eigenvalue weighted by Crippen LogP contribution is -2.23. The molecule has 0 bridgehead atoms. The average molecular weight is 233 g/mol. The molecule has 0 N–H and O–H groups in total. The van der Waals surface area contributed by atoms with Crippen LogP contribution < -0.4 is 0 Å². The zero-order valence-electron chi connectivity index (χ0n) is 7.19. The second-order valence-corrected chi connectivity index (χ2v) is 4.16. The van der Waals surface area contributed by atoms with E-state index in [9.17, 15) is 9.18 Å². The van der Waals surface area contributed by atoms with Crippen LogP contribution in [0.1, 0.15) is 24.3 Å². The molecule has 1 aliphatic rings. The molecule has 0 aliphatic heterocycles. The van der Waals surface area contributed by atoms with Gasteiger partial charge >= 0.3 is 0 Å². The van der Waals surface area contributed by atoms with Crippen molar-refractivity contribution in [1.29, 1.82) is 0 Å². The minimum atomic E-state index is -0.476. The average Bonchev–Trinajstić information content (AvgIpc) is 2.08.